The lowest BCUT2D eigenvalue weighted by atomic mass is 10.0. The van der Waals surface area contributed by atoms with E-state index in [4.69, 9.17) is 0 Å². The Labute approximate surface area is 112 Å². The average molecular weight is 245 g/mol. The molecule has 0 amide bonds. The lowest BCUT2D eigenvalue weighted by molar-refractivity contribution is 0.595. The first-order valence-corrected chi connectivity index (χ1v) is 7.13. The van der Waals surface area contributed by atoms with Gasteiger partial charge in [0, 0.05) is 6.04 Å². The molecule has 1 nitrogen and oxygen atoms in total. The van der Waals surface area contributed by atoms with Crippen molar-refractivity contribution < 1.29 is 0 Å². The third-order valence-electron chi connectivity index (χ3n) is 3.07. The molecule has 0 atom stereocenters. The molecule has 18 heavy (non-hydrogen) atoms. The normalized spacial score (nSPS) is 12.2. The van der Waals surface area contributed by atoms with Crippen molar-refractivity contribution in [1.82, 2.24) is 5.32 Å². The maximum Gasteiger partial charge on any atom is 0.00105 e. The van der Waals surface area contributed by atoms with Gasteiger partial charge in [-0.05, 0) is 43.0 Å². The van der Waals surface area contributed by atoms with E-state index in [1.54, 1.807) is 0 Å². The topological polar surface area (TPSA) is 12.0 Å². The number of nitrogens with one attached hydrogen (secondary N) is 1. The minimum Gasteiger partial charge on any atom is -0.314 e. The lowest BCUT2D eigenvalue weighted by Crippen LogP contribution is -2.23. The number of hydrogen-bond acceptors (Lipinski definition) is 1. The Balaban J connectivity index is 2.56. The monoisotopic (exact) mass is 245 g/mol. The van der Waals surface area contributed by atoms with Gasteiger partial charge in [0.1, 0.15) is 0 Å². The van der Waals surface area contributed by atoms with Gasteiger partial charge < -0.3 is 5.32 Å². The molecule has 1 heteroatoms. The van der Waals surface area contributed by atoms with Crippen molar-refractivity contribution in [3.63, 3.8) is 0 Å². The van der Waals surface area contributed by atoms with Gasteiger partial charge in [-0.15, -0.1) is 0 Å². The Kier molecular flexibility index (Phi) is 6.74. The minimum absolute atomic E-state index is 0.576. The van der Waals surface area contributed by atoms with Gasteiger partial charge >= 0.3 is 0 Å². The molecule has 1 aromatic rings. The quantitative estimate of drug-likeness (QED) is 0.701. The third-order valence-corrected chi connectivity index (χ3v) is 3.07. The fourth-order valence-corrected chi connectivity index (χ4v) is 2.04. The van der Waals surface area contributed by atoms with Crippen LogP contribution < -0.4 is 5.32 Å². The molecule has 0 bridgehead atoms. The van der Waals surface area contributed by atoms with E-state index in [2.05, 4.69) is 63.4 Å². The summed E-state index contributed by atoms with van der Waals surface area (Å²) in [6.07, 6.45) is 5.82. The Hall–Kier alpha value is -1.08. The van der Waals surface area contributed by atoms with Gasteiger partial charge in [0.15, 0.2) is 0 Å². The Morgan fingerprint density at radius 2 is 2.11 bits per heavy atom. The van der Waals surface area contributed by atoms with Crippen LogP contribution in [0.4, 0.5) is 0 Å². The van der Waals surface area contributed by atoms with Crippen LogP contribution in [-0.4, -0.2) is 12.6 Å². The van der Waals surface area contributed by atoms with Crippen LogP contribution in [0, 0.1) is 0 Å². The second-order valence-electron chi connectivity index (χ2n) is 5.24. The Bertz CT molecular complexity index is 377. The molecule has 0 saturated heterocycles. The summed E-state index contributed by atoms with van der Waals surface area (Å²) < 4.78 is 0. The first kappa shape index (κ1) is 15.0. The van der Waals surface area contributed by atoms with Crippen LogP contribution in [0.15, 0.2) is 30.3 Å². The smallest absolute Gasteiger partial charge is 0.00105 e. The van der Waals surface area contributed by atoms with Crippen molar-refractivity contribution in [2.45, 2.75) is 53.0 Å². The molecule has 1 N–H and O–H groups in total. The zero-order chi connectivity index (χ0) is 13.4. The number of benzene rings is 1. The number of rotatable bonds is 7. The van der Waals surface area contributed by atoms with E-state index in [0.717, 1.165) is 13.0 Å². The summed E-state index contributed by atoms with van der Waals surface area (Å²) in [6, 6.07) is 9.50. The number of hydrogen-bond donors (Lipinski definition) is 1. The van der Waals surface area contributed by atoms with E-state index in [9.17, 15) is 0 Å². The molecular weight excluding hydrogens is 218 g/mol. The molecular formula is C17H27N. The van der Waals surface area contributed by atoms with Gasteiger partial charge in [-0.3, -0.25) is 0 Å². The average Bonchev–Trinajstić information content (AvgIpc) is 2.35. The highest BCUT2D eigenvalue weighted by atomic mass is 14.9. The largest absolute Gasteiger partial charge is 0.314 e. The molecule has 0 heterocycles. The number of allylic oxidation sites excluding steroid dienone is 1. The van der Waals surface area contributed by atoms with Gasteiger partial charge in [0.2, 0.25) is 0 Å². The zero-order valence-corrected chi connectivity index (χ0v) is 12.3. The maximum absolute atomic E-state index is 3.44. The first-order valence-electron chi connectivity index (χ1n) is 7.13. The second-order valence-corrected chi connectivity index (χ2v) is 5.24. The standard InChI is InChI=1S/C17H27N/c1-5-8-16-10-6-11-17(13-16)15(4)9-7-12-18-14(2)3/h6,9-11,13-14,18H,5,7-8,12H2,1-4H3/b15-9+. The summed E-state index contributed by atoms with van der Waals surface area (Å²) in [5.41, 5.74) is 4.20. The van der Waals surface area contributed by atoms with Crippen LogP contribution in [-0.2, 0) is 6.42 Å². The van der Waals surface area contributed by atoms with Crippen LogP contribution in [0.5, 0.6) is 0 Å². The molecule has 0 aliphatic rings. The second kappa shape index (κ2) is 8.10. The van der Waals surface area contributed by atoms with Crippen LogP contribution in [0.2, 0.25) is 0 Å². The van der Waals surface area contributed by atoms with E-state index < -0.39 is 0 Å². The molecule has 0 radical (unpaired) electrons. The minimum atomic E-state index is 0.576. The highest BCUT2D eigenvalue weighted by Gasteiger charge is 1.98. The van der Waals surface area contributed by atoms with E-state index in [1.165, 1.54) is 29.5 Å². The summed E-state index contributed by atoms with van der Waals surface area (Å²) in [6.45, 7) is 9.87. The molecule has 0 saturated carbocycles. The first-order chi connectivity index (χ1) is 8.63. The van der Waals surface area contributed by atoms with Gasteiger partial charge in [-0.1, -0.05) is 57.5 Å². The Morgan fingerprint density at radius 1 is 1.33 bits per heavy atom. The molecule has 0 unspecified atom stereocenters. The summed E-state index contributed by atoms with van der Waals surface area (Å²) in [5, 5.41) is 3.44. The summed E-state index contributed by atoms with van der Waals surface area (Å²) in [4.78, 5) is 0. The van der Waals surface area contributed by atoms with Crippen molar-refractivity contribution in [3.8, 4) is 0 Å². The molecule has 0 aromatic heterocycles. The zero-order valence-electron chi connectivity index (χ0n) is 12.3. The van der Waals surface area contributed by atoms with Crippen molar-refractivity contribution >= 4 is 5.57 Å². The van der Waals surface area contributed by atoms with E-state index in [0.29, 0.717) is 6.04 Å². The molecule has 0 fully saturated rings. The van der Waals surface area contributed by atoms with Gasteiger partial charge in [0.05, 0.1) is 0 Å². The summed E-state index contributed by atoms with van der Waals surface area (Å²) in [5.74, 6) is 0. The van der Waals surface area contributed by atoms with Crippen LogP contribution in [0.1, 0.15) is 51.7 Å². The van der Waals surface area contributed by atoms with Crippen LogP contribution >= 0.6 is 0 Å². The van der Waals surface area contributed by atoms with Crippen molar-refractivity contribution in [2.24, 2.45) is 0 Å². The molecule has 1 rings (SSSR count). The molecule has 1 aromatic carbocycles. The predicted molar refractivity (Wildman–Crippen MR) is 81.8 cm³/mol. The van der Waals surface area contributed by atoms with Gasteiger partial charge in [-0.2, -0.15) is 0 Å². The fraction of sp³-hybridized carbons (Fsp3) is 0.529. The predicted octanol–water partition coefficient (Wildman–Crippen LogP) is 4.43. The van der Waals surface area contributed by atoms with Gasteiger partial charge in [0.25, 0.3) is 0 Å². The molecule has 0 aliphatic heterocycles. The molecule has 0 spiro atoms. The number of aryl methyl sites for hydroxylation is 1. The lowest BCUT2D eigenvalue weighted by Gasteiger charge is -2.07. The Morgan fingerprint density at radius 3 is 2.78 bits per heavy atom. The molecule has 100 valence electrons. The van der Waals surface area contributed by atoms with E-state index >= 15 is 0 Å². The third kappa shape index (κ3) is 5.50. The SMILES string of the molecule is CCCc1cccc(/C(C)=C/CCNC(C)C)c1. The van der Waals surface area contributed by atoms with Gasteiger partial charge in [-0.25, -0.2) is 0 Å². The van der Waals surface area contributed by atoms with E-state index in [1.807, 2.05) is 0 Å². The van der Waals surface area contributed by atoms with Crippen molar-refractivity contribution in [2.75, 3.05) is 6.54 Å². The maximum atomic E-state index is 3.44. The van der Waals surface area contributed by atoms with Crippen LogP contribution in [0.25, 0.3) is 5.57 Å². The summed E-state index contributed by atoms with van der Waals surface area (Å²) >= 11 is 0. The highest BCUT2D eigenvalue weighted by molar-refractivity contribution is 5.64. The fourth-order valence-electron chi connectivity index (χ4n) is 2.04. The van der Waals surface area contributed by atoms with Crippen LogP contribution in [0.3, 0.4) is 0 Å². The van der Waals surface area contributed by atoms with Crippen molar-refractivity contribution in [1.29, 1.82) is 0 Å². The van der Waals surface area contributed by atoms with Crippen molar-refractivity contribution in [3.05, 3.63) is 41.5 Å². The summed E-state index contributed by atoms with van der Waals surface area (Å²) in [7, 11) is 0. The van der Waals surface area contributed by atoms with E-state index in [-0.39, 0.29) is 0 Å². The molecule has 0 aliphatic carbocycles. The highest BCUT2D eigenvalue weighted by Crippen LogP contribution is 2.16.